The number of aromatic nitrogens is 2. The normalized spacial score (nSPS) is 11.0. The molecule has 1 amide bonds. The predicted molar refractivity (Wildman–Crippen MR) is 97.8 cm³/mol. The van der Waals surface area contributed by atoms with Crippen LogP contribution in [0.3, 0.4) is 0 Å². The largest absolute Gasteiger partial charge is 0.309 e. The molecule has 0 saturated heterocycles. The Bertz CT molecular complexity index is 895. The highest BCUT2D eigenvalue weighted by Gasteiger charge is 2.17. The van der Waals surface area contributed by atoms with Gasteiger partial charge in [-0.2, -0.15) is 0 Å². The lowest BCUT2D eigenvalue weighted by atomic mass is 10.1. The first-order chi connectivity index (χ1) is 11.5. The van der Waals surface area contributed by atoms with Crippen LogP contribution < -0.4 is 4.90 Å². The number of hydrogen-bond donors (Lipinski definition) is 0. The van der Waals surface area contributed by atoms with Crippen LogP contribution in [-0.2, 0) is 6.42 Å². The summed E-state index contributed by atoms with van der Waals surface area (Å²) in [5, 5.41) is 0. The third-order valence-electron chi connectivity index (χ3n) is 4.41. The molecule has 2 heterocycles. The van der Waals surface area contributed by atoms with Gasteiger partial charge in [-0.25, -0.2) is 4.98 Å². The lowest BCUT2D eigenvalue weighted by Gasteiger charge is -2.21. The number of anilines is 1. The number of benzene rings is 1. The molecule has 0 radical (unpaired) electrons. The number of carbonyl (C=O) groups is 1. The Kier molecular flexibility index (Phi) is 4.38. The number of nitrogens with zero attached hydrogens (tertiary/aromatic N) is 3. The molecule has 0 atom stereocenters. The fraction of sp³-hybridized carbons (Fsp3) is 0.300. The van der Waals surface area contributed by atoms with E-state index in [1.165, 1.54) is 0 Å². The molecule has 0 bridgehead atoms. The first-order valence-corrected chi connectivity index (χ1v) is 8.41. The molecule has 0 aliphatic rings. The molecule has 4 heteroatoms. The second-order valence-electron chi connectivity index (χ2n) is 6.03. The molecule has 124 valence electrons. The van der Waals surface area contributed by atoms with Gasteiger partial charge in [0.25, 0.3) is 5.91 Å². The van der Waals surface area contributed by atoms with E-state index in [2.05, 4.69) is 11.9 Å². The number of aryl methyl sites for hydroxylation is 3. The third-order valence-corrected chi connectivity index (χ3v) is 4.41. The molecular weight excluding hydrogens is 298 g/mol. The Morgan fingerprint density at radius 1 is 1.17 bits per heavy atom. The van der Waals surface area contributed by atoms with Crippen LogP contribution in [0.25, 0.3) is 5.65 Å². The van der Waals surface area contributed by atoms with Crippen molar-refractivity contribution < 1.29 is 4.79 Å². The summed E-state index contributed by atoms with van der Waals surface area (Å²) in [6.45, 7) is 8.80. The van der Waals surface area contributed by atoms with Gasteiger partial charge in [0, 0.05) is 24.1 Å². The molecule has 0 unspecified atom stereocenters. The van der Waals surface area contributed by atoms with Gasteiger partial charge in [-0.05, 0) is 57.0 Å². The van der Waals surface area contributed by atoms with Gasteiger partial charge in [0.1, 0.15) is 5.65 Å². The van der Waals surface area contributed by atoms with Gasteiger partial charge in [-0.15, -0.1) is 0 Å². The lowest BCUT2D eigenvalue weighted by Crippen LogP contribution is -2.30. The van der Waals surface area contributed by atoms with Crippen molar-refractivity contribution in [3.05, 3.63) is 65.1 Å². The van der Waals surface area contributed by atoms with Crippen molar-refractivity contribution in [3.63, 3.8) is 0 Å². The molecule has 0 spiro atoms. The average molecular weight is 321 g/mol. The zero-order chi connectivity index (χ0) is 17.3. The summed E-state index contributed by atoms with van der Waals surface area (Å²) >= 11 is 0. The molecule has 3 rings (SSSR count). The van der Waals surface area contributed by atoms with Gasteiger partial charge in [0.15, 0.2) is 0 Å². The number of pyridine rings is 1. The number of imidazole rings is 1. The average Bonchev–Trinajstić information content (AvgIpc) is 2.91. The molecule has 0 fully saturated rings. The van der Waals surface area contributed by atoms with Crippen molar-refractivity contribution in [2.75, 3.05) is 11.4 Å². The molecule has 0 aliphatic carbocycles. The Morgan fingerprint density at radius 3 is 2.62 bits per heavy atom. The maximum atomic E-state index is 13.0. The summed E-state index contributed by atoms with van der Waals surface area (Å²) in [7, 11) is 0. The van der Waals surface area contributed by atoms with Crippen LogP contribution in [-0.4, -0.2) is 21.8 Å². The first-order valence-electron chi connectivity index (χ1n) is 8.41. The molecule has 0 aliphatic heterocycles. The van der Waals surface area contributed by atoms with Gasteiger partial charge < -0.3 is 9.30 Å². The summed E-state index contributed by atoms with van der Waals surface area (Å²) < 4.78 is 2.01. The number of amides is 1. The van der Waals surface area contributed by atoms with Crippen molar-refractivity contribution in [1.82, 2.24) is 9.38 Å². The minimum absolute atomic E-state index is 0.0103. The van der Waals surface area contributed by atoms with E-state index < -0.39 is 0 Å². The van der Waals surface area contributed by atoms with Crippen molar-refractivity contribution in [2.24, 2.45) is 0 Å². The topological polar surface area (TPSA) is 37.6 Å². The molecule has 1 aromatic carbocycles. The van der Waals surface area contributed by atoms with E-state index in [0.717, 1.165) is 34.7 Å². The Balaban J connectivity index is 2.02. The fourth-order valence-corrected chi connectivity index (χ4v) is 3.07. The van der Waals surface area contributed by atoms with E-state index in [1.807, 2.05) is 67.8 Å². The van der Waals surface area contributed by atoms with Crippen LogP contribution in [0, 0.1) is 13.8 Å². The predicted octanol–water partition coefficient (Wildman–Crippen LogP) is 4.18. The van der Waals surface area contributed by atoms with Gasteiger partial charge in [0.05, 0.1) is 11.3 Å². The maximum absolute atomic E-state index is 13.0. The summed E-state index contributed by atoms with van der Waals surface area (Å²) in [6.07, 6.45) is 2.79. The van der Waals surface area contributed by atoms with E-state index in [9.17, 15) is 4.79 Å². The second kappa shape index (κ2) is 6.48. The summed E-state index contributed by atoms with van der Waals surface area (Å²) in [6, 6.07) is 11.8. The number of fused-ring (bicyclic) bond motifs is 1. The van der Waals surface area contributed by atoms with Crippen LogP contribution in [0.5, 0.6) is 0 Å². The molecule has 4 nitrogen and oxygen atoms in total. The summed E-state index contributed by atoms with van der Waals surface area (Å²) in [5.74, 6) is 0.0103. The quantitative estimate of drug-likeness (QED) is 0.723. The van der Waals surface area contributed by atoms with E-state index >= 15 is 0 Å². The highest BCUT2D eigenvalue weighted by Crippen LogP contribution is 2.20. The van der Waals surface area contributed by atoms with Gasteiger partial charge >= 0.3 is 0 Å². The van der Waals surface area contributed by atoms with Crippen molar-refractivity contribution in [2.45, 2.75) is 34.1 Å². The smallest absolute Gasteiger partial charge is 0.259 e. The summed E-state index contributed by atoms with van der Waals surface area (Å²) in [4.78, 5) is 19.4. The minimum atomic E-state index is 0.0103. The molecular formula is C20H23N3O. The highest BCUT2D eigenvalue weighted by molar-refractivity contribution is 6.06. The van der Waals surface area contributed by atoms with E-state index in [4.69, 9.17) is 0 Å². The second-order valence-corrected chi connectivity index (χ2v) is 6.03. The zero-order valence-corrected chi connectivity index (χ0v) is 14.7. The minimum Gasteiger partial charge on any atom is -0.309 e. The molecule has 3 aromatic rings. The molecule has 2 aromatic heterocycles. The molecule has 24 heavy (non-hydrogen) atoms. The SMILES string of the molecule is CCc1nc2ccc(C(=O)N(CC)c3cccc(C)c3)cn2c1C. The third kappa shape index (κ3) is 2.80. The van der Waals surface area contributed by atoms with Crippen molar-refractivity contribution >= 4 is 17.2 Å². The van der Waals surface area contributed by atoms with Crippen LogP contribution in [0.4, 0.5) is 5.69 Å². The highest BCUT2D eigenvalue weighted by atomic mass is 16.2. The molecule has 0 N–H and O–H groups in total. The Morgan fingerprint density at radius 2 is 1.96 bits per heavy atom. The summed E-state index contributed by atoms with van der Waals surface area (Å²) in [5.41, 5.74) is 5.81. The zero-order valence-electron chi connectivity index (χ0n) is 14.7. The van der Waals surface area contributed by atoms with Crippen LogP contribution >= 0.6 is 0 Å². The van der Waals surface area contributed by atoms with E-state index in [0.29, 0.717) is 12.1 Å². The number of rotatable bonds is 4. The monoisotopic (exact) mass is 321 g/mol. The number of carbonyl (C=O) groups excluding carboxylic acids is 1. The van der Waals surface area contributed by atoms with Crippen LogP contribution in [0.1, 0.15) is 41.2 Å². The molecule has 0 saturated carbocycles. The van der Waals surface area contributed by atoms with E-state index in [1.54, 1.807) is 4.90 Å². The lowest BCUT2D eigenvalue weighted by molar-refractivity contribution is 0.0988. The Labute approximate surface area is 142 Å². The van der Waals surface area contributed by atoms with Crippen LogP contribution in [0.2, 0.25) is 0 Å². The van der Waals surface area contributed by atoms with Crippen molar-refractivity contribution in [3.8, 4) is 0 Å². The number of hydrogen-bond acceptors (Lipinski definition) is 2. The standard InChI is InChI=1S/C20H23N3O/c1-5-18-15(4)23-13-16(10-11-19(23)21-18)20(24)22(6-2)17-9-7-8-14(3)12-17/h7-13H,5-6H2,1-4H3. The first kappa shape index (κ1) is 16.2. The van der Waals surface area contributed by atoms with E-state index in [-0.39, 0.29) is 5.91 Å². The van der Waals surface area contributed by atoms with Gasteiger partial charge in [-0.3, -0.25) is 4.79 Å². The van der Waals surface area contributed by atoms with Gasteiger partial charge in [-0.1, -0.05) is 19.1 Å². The maximum Gasteiger partial charge on any atom is 0.259 e. The Hall–Kier alpha value is -2.62. The fourth-order valence-electron chi connectivity index (χ4n) is 3.07. The van der Waals surface area contributed by atoms with Crippen LogP contribution in [0.15, 0.2) is 42.6 Å². The van der Waals surface area contributed by atoms with Crippen molar-refractivity contribution in [1.29, 1.82) is 0 Å². The van der Waals surface area contributed by atoms with Gasteiger partial charge in [0.2, 0.25) is 0 Å².